The van der Waals surface area contributed by atoms with Gasteiger partial charge in [0.25, 0.3) is 5.91 Å². The van der Waals surface area contributed by atoms with Crippen molar-refractivity contribution in [3.63, 3.8) is 0 Å². The molecule has 1 unspecified atom stereocenters. The molecular formula is C26H25NO5. The fourth-order valence-corrected chi connectivity index (χ4v) is 3.14. The van der Waals surface area contributed by atoms with E-state index in [1.165, 1.54) is 7.11 Å². The molecule has 0 aromatic heterocycles. The Morgan fingerprint density at radius 1 is 0.844 bits per heavy atom. The number of Topliss-reactive ketones (excluding diaryl/α,β-unsaturated/α-hetero) is 1. The van der Waals surface area contributed by atoms with Gasteiger partial charge >= 0.3 is 5.97 Å². The summed E-state index contributed by atoms with van der Waals surface area (Å²) in [6.07, 6.45) is -1.12. The highest BCUT2D eigenvalue weighted by molar-refractivity contribution is 6.01. The Morgan fingerprint density at radius 3 is 2.06 bits per heavy atom. The summed E-state index contributed by atoms with van der Waals surface area (Å²) in [6, 6.07) is 21.0. The largest absolute Gasteiger partial charge is 0.496 e. The van der Waals surface area contributed by atoms with E-state index in [9.17, 15) is 14.4 Å². The fraction of sp³-hybridized carbons (Fsp3) is 0.192. The molecule has 0 radical (unpaired) electrons. The first-order valence-electron chi connectivity index (χ1n) is 10.2. The maximum atomic E-state index is 13.1. The number of ketones is 1. The van der Waals surface area contributed by atoms with Gasteiger partial charge in [0.2, 0.25) is 5.78 Å². The molecule has 1 N–H and O–H groups in total. The van der Waals surface area contributed by atoms with Gasteiger partial charge in [-0.15, -0.1) is 0 Å². The summed E-state index contributed by atoms with van der Waals surface area (Å²) >= 11 is 0. The molecule has 0 aliphatic heterocycles. The summed E-state index contributed by atoms with van der Waals surface area (Å²) in [4.78, 5) is 38.1. The number of hydrogen-bond acceptors (Lipinski definition) is 5. The van der Waals surface area contributed by atoms with E-state index < -0.39 is 18.0 Å². The molecule has 6 nitrogen and oxygen atoms in total. The van der Waals surface area contributed by atoms with Crippen LogP contribution in [0.1, 0.15) is 43.5 Å². The van der Waals surface area contributed by atoms with E-state index >= 15 is 0 Å². The standard InChI is InChI=1S/C26H25NO5/c1-17-8-12-19(13-9-17)24(29)25(20-14-10-18(2)11-15-20)32-23(28)16-27-26(30)21-6-4-5-7-22(21)31-3/h4-15,25H,16H2,1-3H3,(H,27,30). The van der Waals surface area contributed by atoms with Crippen molar-refractivity contribution in [2.45, 2.75) is 20.0 Å². The van der Waals surface area contributed by atoms with Gasteiger partial charge in [-0.3, -0.25) is 14.4 Å². The number of rotatable bonds is 8. The van der Waals surface area contributed by atoms with E-state index in [0.717, 1.165) is 11.1 Å². The van der Waals surface area contributed by atoms with Crippen molar-refractivity contribution in [3.05, 3.63) is 101 Å². The van der Waals surface area contributed by atoms with Crippen LogP contribution in [0.25, 0.3) is 0 Å². The SMILES string of the molecule is COc1ccccc1C(=O)NCC(=O)OC(C(=O)c1ccc(C)cc1)c1ccc(C)cc1. The van der Waals surface area contributed by atoms with Crippen LogP contribution in [0, 0.1) is 13.8 Å². The number of hydrogen-bond donors (Lipinski definition) is 1. The Hall–Kier alpha value is -3.93. The number of amides is 1. The summed E-state index contributed by atoms with van der Waals surface area (Å²) in [5.41, 5.74) is 3.33. The van der Waals surface area contributed by atoms with Gasteiger partial charge in [0.1, 0.15) is 12.3 Å². The van der Waals surface area contributed by atoms with Crippen LogP contribution >= 0.6 is 0 Å². The zero-order valence-electron chi connectivity index (χ0n) is 18.3. The Morgan fingerprint density at radius 2 is 1.44 bits per heavy atom. The van der Waals surface area contributed by atoms with Crippen LogP contribution in [0.4, 0.5) is 0 Å². The number of methoxy groups -OCH3 is 1. The van der Waals surface area contributed by atoms with Crippen LogP contribution in [0.15, 0.2) is 72.8 Å². The molecule has 0 saturated carbocycles. The average molecular weight is 431 g/mol. The van der Waals surface area contributed by atoms with Gasteiger partial charge in [-0.05, 0) is 26.0 Å². The molecule has 0 saturated heterocycles. The summed E-state index contributed by atoms with van der Waals surface area (Å²) in [7, 11) is 1.46. The summed E-state index contributed by atoms with van der Waals surface area (Å²) < 4.78 is 10.7. The normalized spacial score (nSPS) is 11.3. The van der Waals surface area contributed by atoms with E-state index in [2.05, 4.69) is 5.32 Å². The van der Waals surface area contributed by atoms with Crippen molar-refractivity contribution in [2.24, 2.45) is 0 Å². The van der Waals surface area contributed by atoms with Crippen molar-refractivity contribution in [3.8, 4) is 5.75 Å². The molecule has 1 amide bonds. The topological polar surface area (TPSA) is 81.7 Å². The first-order chi connectivity index (χ1) is 15.4. The summed E-state index contributed by atoms with van der Waals surface area (Å²) in [6.45, 7) is 3.47. The molecule has 3 aromatic carbocycles. The number of aryl methyl sites for hydroxylation is 2. The molecule has 0 spiro atoms. The first-order valence-corrected chi connectivity index (χ1v) is 10.2. The lowest BCUT2D eigenvalue weighted by molar-refractivity contribution is -0.146. The van der Waals surface area contributed by atoms with Crippen molar-refractivity contribution in [2.75, 3.05) is 13.7 Å². The predicted molar refractivity (Wildman–Crippen MR) is 121 cm³/mol. The summed E-state index contributed by atoms with van der Waals surface area (Å²) in [5.74, 6) is -1.14. The second-order valence-electron chi connectivity index (χ2n) is 7.39. The van der Waals surface area contributed by atoms with Gasteiger partial charge in [-0.1, -0.05) is 71.8 Å². The molecule has 0 fully saturated rings. The van der Waals surface area contributed by atoms with Gasteiger partial charge < -0.3 is 14.8 Å². The minimum atomic E-state index is -1.12. The number of nitrogens with one attached hydrogen (secondary N) is 1. The lowest BCUT2D eigenvalue weighted by atomic mass is 9.98. The third-order valence-electron chi connectivity index (χ3n) is 4.95. The maximum Gasteiger partial charge on any atom is 0.326 e. The highest BCUT2D eigenvalue weighted by Gasteiger charge is 2.26. The van der Waals surface area contributed by atoms with Crippen LogP contribution in [0.5, 0.6) is 5.75 Å². The lowest BCUT2D eigenvalue weighted by Crippen LogP contribution is -2.32. The summed E-state index contributed by atoms with van der Waals surface area (Å²) in [5, 5.41) is 2.52. The molecule has 0 aliphatic rings. The van der Waals surface area contributed by atoms with Crippen molar-refractivity contribution < 1.29 is 23.9 Å². The average Bonchev–Trinajstić information content (AvgIpc) is 2.81. The van der Waals surface area contributed by atoms with Crippen LogP contribution in [-0.2, 0) is 9.53 Å². The molecule has 1 atom stereocenters. The second kappa shape index (κ2) is 10.4. The monoisotopic (exact) mass is 431 g/mol. The van der Waals surface area contributed by atoms with Crippen molar-refractivity contribution in [1.29, 1.82) is 0 Å². The number of ether oxygens (including phenoxy) is 2. The van der Waals surface area contributed by atoms with Crippen molar-refractivity contribution >= 4 is 17.7 Å². The van der Waals surface area contributed by atoms with Gasteiger partial charge in [-0.25, -0.2) is 0 Å². The van der Waals surface area contributed by atoms with E-state index in [1.807, 2.05) is 38.1 Å². The van der Waals surface area contributed by atoms with Gasteiger partial charge in [-0.2, -0.15) is 0 Å². The molecule has 3 rings (SSSR count). The van der Waals surface area contributed by atoms with Gasteiger partial charge in [0.05, 0.1) is 12.7 Å². The Labute approximate surface area is 187 Å². The first kappa shape index (κ1) is 22.7. The van der Waals surface area contributed by atoms with E-state index in [1.54, 1.807) is 48.5 Å². The quantitative estimate of drug-likeness (QED) is 0.427. The molecule has 0 bridgehead atoms. The minimum Gasteiger partial charge on any atom is -0.496 e. The predicted octanol–water partition coefficient (Wildman–Crippen LogP) is 4.21. The van der Waals surface area contributed by atoms with Crippen LogP contribution in [-0.4, -0.2) is 31.3 Å². The number of carbonyl (C=O) groups excluding carboxylic acids is 3. The Balaban J connectivity index is 1.74. The van der Waals surface area contributed by atoms with E-state index in [0.29, 0.717) is 22.4 Å². The number of carbonyl (C=O) groups is 3. The highest BCUT2D eigenvalue weighted by Crippen LogP contribution is 2.24. The molecule has 0 aliphatic carbocycles. The smallest absolute Gasteiger partial charge is 0.326 e. The zero-order valence-corrected chi connectivity index (χ0v) is 18.3. The molecule has 0 heterocycles. The molecule has 6 heteroatoms. The molecule has 32 heavy (non-hydrogen) atoms. The maximum absolute atomic E-state index is 13.1. The highest BCUT2D eigenvalue weighted by atomic mass is 16.5. The lowest BCUT2D eigenvalue weighted by Gasteiger charge is -2.18. The molecule has 3 aromatic rings. The number of benzene rings is 3. The van der Waals surface area contributed by atoms with Crippen LogP contribution < -0.4 is 10.1 Å². The zero-order chi connectivity index (χ0) is 23.1. The van der Waals surface area contributed by atoms with Gasteiger partial charge in [0, 0.05) is 11.1 Å². The number of esters is 1. The molecule has 164 valence electrons. The molecular weight excluding hydrogens is 406 g/mol. The fourth-order valence-electron chi connectivity index (χ4n) is 3.14. The third-order valence-corrected chi connectivity index (χ3v) is 4.95. The second-order valence-corrected chi connectivity index (χ2v) is 7.39. The van der Waals surface area contributed by atoms with Crippen molar-refractivity contribution in [1.82, 2.24) is 5.32 Å². The third kappa shape index (κ3) is 5.60. The van der Waals surface area contributed by atoms with Gasteiger partial charge in [0.15, 0.2) is 6.10 Å². The van der Waals surface area contributed by atoms with E-state index in [-0.39, 0.29) is 12.3 Å². The minimum absolute atomic E-state index is 0.300. The number of para-hydroxylation sites is 1. The Kier molecular flexibility index (Phi) is 7.39. The Bertz CT molecular complexity index is 1100. The van der Waals surface area contributed by atoms with Crippen LogP contribution in [0.3, 0.4) is 0 Å². The van der Waals surface area contributed by atoms with E-state index in [4.69, 9.17) is 9.47 Å². The van der Waals surface area contributed by atoms with Crippen LogP contribution in [0.2, 0.25) is 0 Å².